The van der Waals surface area contributed by atoms with Crippen LogP contribution >= 0.6 is 0 Å². The molecule has 0 atom stereocenters. The van der Waals surface area contributed by atoms with Crippen molar-refractivity contribution in [3.63, 3.8) is 0 Å². The lowest BCUT2D eigenvalue weighted by atomic mass is 10.1. The van der Waals surface area contributed by atoms with Crippen LogP contribution in [0.4, 0.5) is 8.78 Å². The van der Waals surface area contributed by atoms with Gasteiger partial charge in [0, 0.05) is 5.56 Å². The van der Waals surface area contributed by atoms with E-state index in [4.69, 9.17) is 0 Å². The Morgan fingerprint density at radius 3 is 2.21 bits per heavy atom. The molecule has 2 nitrogen and oxygen atoms in total. The van der Waals surface area contributed by atoms with Crippen molar-refractivity contribution in [3.8, 4) is 11.4 Å². The van der Waals surface area contributed by atoms with Crippen molar-refractivity contribution in [2.24, 2.45) is 0 Å². The predicted octanol–water partition coefficient (Wildman–Crippen LogP) is 5.03. The molecule has 0 radical (unpaired) electrons. The summed E-state index contributed by atoms with van der Waals surface area (Å²) >= 11 is 0. The first-order valence-corrected chi connectivity index (χ1v) is 7.67. The molecule has 0 aliphatic heterocycles. The Bertz CT molecular complexity index is 1020. The van der Waals surface area contributed by atoms with E-state index in [1.54, 1.807) is 36.4 Å². The summed E-state index contributed by atoms with van der Waals surface area (Å²) in [5.41, 5.74) is 2.55. The zero-order valence-electron chi connectivity index (χ0n) is 12.8. The van der Waals surface area contributed by atoms with Crippen molar-refractivity contribution in [1.29, 1.82) is 0 Å². The van der Waals surface area contributed by atoms with Crippen LogP contribution in [0.2, 0.25) is 0 Å². The summed E-state index contributed by atoms with van der Waals surface area (Å²) in [5.74, 6) is -0.130. The topological polar surface area (TPSA) is 17.8 Å². The minimum atomic E-state index is -0.345. The normalized spacial score (nSPS) is 11.1. The lowest BCUT2D eigenvalue weighted by molar-refractivity contribution is 0.601. The Labute approximate surface area is 138 Å². The van der Waals surface area contributed by atoms with Gasteiger partial charge in [-0.25, -0.2) is 13.8 Å². The monoisotopic (exact) mass is 320 g/mol. The molecule has 0 N–H and O–H groups in total. The number of halogens is 2. The molecule has 0 saturated heterocycles. The van der Waals surface area contributed by atoms with E-state index in [2.05, 4.69) is 4.98 Å². The molecule has 0 spiro atoms. The average Bonchev–Trinajstić information content (AvgIpc) is 2.96. The van der Waals surface area contributed by atoms with E-state index in [0.29, 0.717) is 17.0 Å². The van der Waals surface area contributed by atoms with Crippen LogP contribution in [0.15, 0.2) is 72.8 Å². The van der Waals surface area contributed by atoms with E-state index < -0.39 is 0 Å². The van der Waals surface area contributed by atoms with Crippen molar-refractivity contribution in [3.05, 3.63) is 90.0 Å². The van der Waals surface area contributed by atoms with Crippen LogP contribution in [0.25, 0.3) is 22.4 Å². The number of hydrogen-bond donors (Lipinski definition) is 0. The fraction of sp³-hybridized carbons (Fsp3) is 0.0500. The SMILES string of the molecule is Fc1ccccc1Cn1c(-c2ccccc2F)nc2ccccc21. The van der Waals surface area contributed by atoms with Crippen LogP contribution in [0, 0.1) is 11.6 Å². The quantitative estimate of drug-likeness (QED) is 0.518. The van der Waals surface area contributed by atoms with Gasteiger partial charge >= 0.3 is 0 Å². The Hall–Kier alpha value is -3.01. The van der Waals surface area contributed by atoms with Gasteiger partial charge in [0.25, 0.3) is 0 Å². The van der Waals surface area contributed by atoms with Gasteiger partial charge in [-0.3, -0.25) is 0 Å². The number of rotatable bonds is 3. The molecule has 4 rings (SSSR count). The number of aromatic nitrogens is 2. The Morgan fingerprint density at radius 2 is 1.42 bits per heavy atom. The van der Waals surface area contributed by atoms with Gasteiger partial charge in [0.05, 0.1) is 23.1 Å². The second kappa shape index (κ2) is 5.89. The molecule has 1 aromatic heterocycles. The van der Waals surface area contributed by atoms with E-state index >= 15 is 0 Å². The summed E-state index contributed by atoms with van der Waals surface area (Å²) in [7, 11) is 0. The molecule has 3 aromatic carbocycles. The third kappa shape index (κ3) is 2.46. The summed E-state index contributed by atoms with van der Waals surface area (Å²) in [6.45, 7) is 0.289. The van der Waals surface area contributed by atoms with E-state index in [-0.39, 0.29) is 18.2 Å². The molecule has 0 fully saturated rings. The maximum atomic E-state index is 14.3. The standard InChI is InChI=1S/C20H14F2N2/c21-16-9-3-1-7-14(16)13-24-19-12-6-5-11-18(19)23-20(24)15-8-2-4-10-17(15)22/h1-12H,13H2. The van der Waals surface area contributed by atoms with Crippen LogP contribution in [0.5, 0.6) is 0 Å². The van der Waals surface area contributed by atoms with Gasteiger partial charge in [0.1, 0.15) is 17.5 Å². The molecule has 0 saturated carbocycles. The predicted molar refractivity (Wildman–Crippen MR) is 90.6 cm³/mol. The largest absolute Gasteiger partial charge is 0.319 e. The summed E-state index contributed by atoms with van der Waals surface area (Å²) in [6, 6.07) is 20.7. The maximum absolute atomic E-state index is 14.3. The first-order chi connectivity index (χ1) is 11.7. The van der Waals surface area contributed by atoms with Gasteiger partial charge < -0.3 is 4.57 Å². The molecule has 0 bridgehead atoms. The lowest BCUT2D eigenvalue weighted by Gasteiger charge is -2.11. The fourth-order valence-electron chi connectivity index (χ4n) is 2.88. The number of hydrogen-bond acceptors (Lipinski definition) is 1. The third-order valence-electron chi connectivity index (χ3n) is 4.06. The highest BCUT2D eigenvalue weighted by atomic mass is 19.1. The van der Waals surface area contributed by atoms with Crippen molar-refractivity contribution >= 4 is 11.0 Å². The molecule has 24 heavy (non-hydrogen) atoms. The van der Waals surface area contributed by atoms with Crippen molar-refractivity contribution in [2.45, 2.75) is 6.54 Å². The van der Waals surface area contributed by atoms with Crippen LogP contribution < -0.4 is 0 Å². The minimum absolute atomic E-state index is 0.283. The Kier molecular flexibility index (Phi) is 3.58. The van der Waals surface area contributed by atoms with Crippen molar-refractivity contribution in [1.82, 2.24) is 9.55 Å². The first-order valence-electron chi connectivity index (χ1n) is 7.67. The number of nitrogens with zero attached hydrogens (tertiary/aromatic N) is 2. The Morgan fingerprint density at radius 1 is 0.750 bits per heavy atom. The zero-order chi connectivity index (χ0) is 16.5. The number of fused-ring (bicyclic) bond motifs is 1. The maximum Gasteiger partial charge on any atom is 0.144 e. The summed E-state index contributed by atoms with van der Waals surface area (Å²) < 4.78 is 30.2. The fourth-order valence-corrected chi connectivity index (χ4v) is 2.88. The molecule has 4 heteroatoms. The van der Waals surface area contributed by atoms with Crippen molar-refractivity contribution < 1.29 is 8.78 Å². The highest BCUT2D eigenvalue weighted by molar-refractivity contribution is 5.80. The smallest absolute Gasteiger partial charge is 0.144 e. The van der Waals surface area contributed by atoms with E-state index in [1.807, 2.05) is 28.8 Å². The van der Waals surface area contributed by atoms with E-state index in [1.165, 1.54) is 12.1 Å². The van der Waals surface area contributed by atoms with Gasteiger partial charge in [-0.1, -0.05) is 42.5 Å². The van der Waals surface area contributed by atoms with E-state index in [9.17, 15) is 8.78 Å². The molecule has 0 unspecified atom stereocenters. The molecule has 118 valence electrons. The molecular formula is C20H14F2N2. The average molecular weight is 320 g/mol. The van der Waals surface area contributed by atoms with Gasteiger partial charge in [-0.2, -0.15) is 0 Å². The molecule has 0 amide bonds. The number of para-hydroxylation sites is 2. The second-order valence-electron chi connectivity index (χ2n) is 5.58. The summed E-state index contributed by atoms with van der Waals surface area (Å²) in [6.07, 6.45) is 0. The zero-order valence-corrected chi connectivity index (χ0v) is 12.8. The molecule has 0 aliphatic carbocycles. The summed E-state index contributed by atoms with van der Waals surface area (Å²) in [5, 5.41) is 0. The summed E-state index contributed by atoms with van der Waals surface area (Å²) in [4.78, 5) is 4.57. The van der Waals surface area contributed by atoms with Gasteiger partial charge in [0.15, 0.2) is 0 Å². The van der Waals surface area contributed by atoms with Gasteiger partial charge in [0.2, 0.25) is 0 Å². The van der Waals surface area contributed by atoms with Crippen LogP contribution in [0.1, 0.15) is 5.56 Å². The molecule has 1 heterocycles. The van der Waals surface area contributed by atoms with Crippen LogP contribution in [0.3, 0.4) is 0 Å². The minimum Gasteiger partial charge on any atom is -0.319 e. The van der Waals surface area contributed by atoms with Crippen LogP contribution in [-0.2, 0) is 6.54 Å². The third-order valence-corrected chi connectivity index (χ3v) is 4.06. The second-order valence-corrected chi connectivity index (χ2v) is 5.58. The highest BCUT2D eigenvalue weighted by Gasteiger charge is 2.16. The first kappa shape index (κ1) is 14.6. The lowest BCUT2D eigenvalue weighted by Crippen LogP contribution is -2.04. The highest BCUT2D eigenvalue weighted by Crippen LogP contribution is 2.28. The molecular weight excluding hydrogens is 306 g/mol. The van der Waals surface area contributed by atoms with E-state index in [0.717, 1.165) is 11.0 Å². The molecule has 0 aliphatic rings. The van der Waals surface area contributed by atoms with Crippen LogP contribution in [-0.4, -0.2) is 9.55 Å². The van der Waals surface area contributed by atoms with Gasteiger partial charge in [-0.15, -0.1) is 0 Å². The molecule has 4 aromatic rings. The van der Waals surface area contributed by atoms with Crippen molar-refractivity contribution in [2.75, 3.05) is 0 Å². The number of imidazole rings is 1. The Balaban J connectivity index is 1.94. The number of benzene rings is 3. The van der Waals surface area contributed by atoms with Gasteiger partial charge in [-0.05, 0) is 30.3 Å².